The zero-order valence-electron chi connectivity index (χ0n) is 10.6. The van der Waals surface area contributed by atoms with Crippen molar-refractivity contribution in [2.24, 2.45) is 0 Å². The number of rotatable bonds is 6. The first-order chi connectivity index (χ1) is 8.77. The Morgan fingerprint density at radius 2 is 1.89 bits per heavy atom. The lowest BCUT2D eigenvalue weighted by Crippen LogP contribution is -2.33. The third-order valence-corrected chi connectivity index (χ3v) is 4.67. The topological polar surface area (TPSA) is 81.4 Å². The van der Waals surface area contributed by atoms with E-state index in [1.54, 1.807) is 14.0 Å². The fraction of sp³-hybridized carbons (Fsp3) is 0.455. The number of nitrogens with two attached hydrogens (primary N) is 1. The molecule has 0 bridgehead atoms. The van der Waals surface area contributed by atoms with Gasteiger partial charge in [0, 0.05) is 19.8 Å². The van der Waals surface area contributed by atoms with E-state index in [0.717, 1.165) is 0 Å². The van der Waals surface area contributed by atoms with Gasteiger partial charge in [-0.2, -0.15) is 0 Å². The maximum absolute atomic E-state index is 12.1. The summed E-state index contributed by atoms with van der Waals surface area (Å²) in [6.45, 7) is 2.21. The summed E-state index contributed by atoms with van der Waals surface area (Å²) in [5.41, 5.74) is 5.73. The number of ether oxygens (including phenoxy) is 1. The van der Waals surface area contributed by atoms with Crippen molar-refractivity contribution in [1.82, 2.24) is 4.72 Å². The van der Waals surface area contributed by atoms with Crippen LogP contribution in [0.3, 0.4) is 0 Å². The van der Waals surface area contributed by atoms with Crippen molar-refractivity contribution < 1.29 is 13.2 Å². The molecule has 108 valence electrons. The smallest absolute Gasteiger partial charge is 0.240 e. The maximum Gasteiger partial charge on any atom is 0.240 e. The predicted octanol–water partition coefficient (Wildman–Crippen LogP) is 2.28. The summed E-state index contributed by atoms with van der Waals surface area (Å²) in [5.74, 6) is 0. The third-order valence-electron chi connectivity index (χ3n) is 2.47. The van der Waals surface area contributed by atoms with Gasteiger partial charge in [0.05, 0.1) is 20.6 Å². The Kier molecular flexibility index (Phi) is 5.88. The molecule has 0 aromatic heterocycles. The predicted molar refractivity (Wildman–Crippen MR) is 77.2 cm³/mol. The normalized spacial score (nSPS) is 13.5. The van der Waals surface area contributed by atoms with E-state index >= 15 is 0 Å². The molecule has 1 atom stereocenters. The van der Waals surface area contributed by atoms with Crippen LogP contribution < -0.4 is 10.5 Å². The molecule has 0 fully saturated rings. The highest BCUT2D eigenvalue weighted by molar-refractivity contribution is 7.89. The highest BCUT2D eigenvalue weighted by Crippen LogP contribution is 2.30. The van der Waals surface area contributed by atoms with Gasteiger partial charge < -0.3 is 10.5 Å². The lowest BCUT2D eigenvalue weighted by molar-refractivity contribution is 0.188. The fourth-order valence-electron chi connectivity index (χ4n) is 1.40. The number of sulfonamides is 1. The van der Waals surface area contributed by atoms with Crippen LogP contribution >= 0.6 is 23.2 Å². The second-order valence-corrected chi connectivity index (χ2v) is 6.63. The Bertz CT molecular complexity index is 526. The summed E-state index contributed by atoms with van der Waals surface area (Å²) in [6, 6.07) is 2.28. The van der Waals surface area contributed by atoms with Crippen molar-refractivity contribution in [2.75, 3.05) is 19.5 Å². The second-order valence-electron chi connectivity index (χ2n) is 4.10. The van der Waals surface area contributed by atoms with E-state index in [4.69, 9.17) is 33.7 Å². The number of hydrogen-bond donors (Lipinski definition) is 2. The van der Waals surface area contributed by atoms with Gasteiger partial charge in [0.2, 0.25) is 10.0 Å². The maximum atomic E-state index is 12.1. The summed E-state index contributed by atoms with van der Waals surface area (Å²) in [7, 11) is -2.13. The van der Waals surface area contributed by atoms with Gasteiger partial charge in [-0.25, -0.2) is 13.1 Å². The van der Waals surface area contributed by atoms with Crippen molar-refractivity contribution in [2.45, 2.75) is 24.3 Å². The van der Waals surface area contributed by atoms with Gasteiger partial charge in [-0.15, -0.1) is 0 Å². The Hall–Kier alpha value is -0.530. The van der Waals surface area contributed by atoms with Crippen LogP contribution in [0.1, 0.15) is 13.3 Å². The zero-order chi connectivity index (χ0) is 14.6. The van der Waals surface area contributed by atoms with E-state index in [0.29, 0.717) is 13.0 Å². The summed E-state index contributed by atoms with van der Waals surface area (Å²) < 4.78 is 31.6. The van der Waals surface area contributed by atoms with E-state index in [-0.39, 0.29) is 26.7 Å². The number of nitrogens with one attached hydrogen (secondary N) is 1. The molecule has 0 saturated carbocycles. The number of halogens is 2. The molecule has 0 aliphatic carbocycles. The minimum absolute atomic E-state index is 0.0130. The first-order valence-corrected chi connectivity index (χ1v) is 7.77. The van der Waals surface area contributed by atoms with Crippen LogP contribution in [0.15, 0.2) is 17.0 Å². The lowest BCUT2D eigenvalue weighted by Gasteiger charge is -2.14. The first kappa shape index (κ1) is 16.5. The Morgan fingerprint density at radius 1 is 1.37 bits per heavy atom. The molecular weight excluding hydrogens is 311 g/mol. The SMILES string of the molecule is COCC[C@@H](C)NS(=O)(=O)c1cc(Cl)c(N)c(Cl)c1. The minimum Gasteiger partial charge on any atom is -0.396 e. The van der Waals surface area contributed by atoms with Gasteiger partial charge >= 0.3 is 0 Å². The molecule has 0 unspecified atom stereocenters. The standard InChI is InChI=1S/C11H16Cl2N2O3S/c1-7(3-4-18-2)15-19(16,17)8-5-9(12)11(14)10(13)6-8/h5-7,15H,3-4,14H2,1-2H3/t7-/m1/s1. The van der Waals surface area contributed by atoms with Gasteiger partial charge in [-0.3, -0.25) is 0 Å². The molecule has 0 heterocycles. The number of hydrogen-bond acceptors (Lipinski definition) is 4. The van der Waals surface area contributed by atoms with Crippen LogP contribution in [-0.2, 0) is 14.8 Å². The van der Waals surface area contributed by atoms with E-state index in [2.05, 4.69) is 4.72 Å². The van der Waals surface area contributed by atoms with E-state index in [9.17, 15) is 8.42 Å². The Balaban J connectivity index is 2.95. The number of nitrogen functional groups attached to an aromatic ring is 1. The number of anilines is 1. The molecule has 1 rings (SSSR count). The Morgan fingerprint density at radius 3 is 2.37 bits per heavy atom. The Labute approximate surface area is 123 Å². The van der Waals surface area contributed by atoms with Crippen molar-refractivity contribution in [3.63, 3.8) is 0 Å². The quantitative estimate of drug-likeness (QED) is 0.786. The lowest BCUT2D eigenvalue weighted by atomic mass is 10.3. The summed E-state index contributed by atoms with van der Waals surface area (Å²) >= 11 is 11.6. The number of methoxy groups -OCH3 is 1. The van der Waals surface area contributed by atoms with Crippen molar-refractivity contribution in [1.29, 1.82) is 0 Å². The molecule has 0 saturated heterocycles. The molecule has 8 heteroatoms. The zero-order valence-corrected chi connectivity index (χ0v) is 12.9. The van der Waals surface area contributed by atoms with Crippen LogP contribution in [0.4, 0.5) is 5.69 Å². The van der Waals surface area contributed by atoms with Crippen molar-refractivity contribution in [3.05, 3.63) is 22.2 Å². The summed E-state index contributed by atoms with van der Waals surface area (Å²) in [6.07, 6.45) is 0.562. The molecule has 3 N–H and O–H groups in total. The molecule has 1 aromatic rings. The molecule has 1 aromatic carbocycles. The fourth-order valence-corrected chi connectivity index (χ4v) is 3.35. The van der Waals surface area contributed by atoms with E-state index in [1.807, 2.05) is 0 Å². The molecule has 0 radical (unpaired) electrons. The minimum atomic E-state index is -3.68. The first-order valence-electron chi connectivity index (χ1n) is 5.53. The van der Waals surface area contributed by atoms with Crippen LogP contribution in [0, 0.1) is 0 Å². The average Bonchev–Trinajstić information content (AvgIpc) is 2.32. The van der Waals surface area contributed by atoms with Crippen LogP contribution in [0.25, 0.3) is 0 Å². The van der Waals surface area contributed by atoms with Crippen molar-refractivity contribution in [3.8, 4) is 0 Å². The molecule has 0 amide bonds. The number of benzene rings is 1. The van der Waals surface area contributed by atoms with Crippen LogP contribution in [0.5, 0.6) is 0 Å². The van der Waals surface area contributed by atoms with Gasteiger partial charge in [0.25, 0.3) is 0 Å². The highest BCUT2D eigenvalue weighted by atomic mass is 35.5. The van der Waals surface area contributed by atoms with Gasteiger partial charge in [-0.1, -0.05) is 23.2 Å². The largest absolute Gasteiger partial charge is 0.396 e. The molecule has 19 heavy (non-hydrogen) atoms. The molecule has 0 spiro atoms. The van der Waals surface area contributed by atoms with E-state index in [1.165, 1.54) is 12.1 Å². The third kappa shape index (κ3) is 4.50. The van der Waals surface area contributed by atoms with Crippen LogP contribution in [0.2, 0.25) is 10.0 Å². The summed E-state index contributed by atoms with van der Waals surface area (Å²) in [5, 5.41) is 0.217. The van der Waals surface area contributed by atoms with E-state index < -0.39 is 10.0 Å². The molecule has 5 nitrogen and oxygen atoms in total. The van der Waals surface area contributed by atoms with Gasteiger partial charge in [0.1, 0.15) is 0 Å². The monoisotopic (exact) mass is 326 g/mol. The van der Waals surface area contributed by atoms with Gasteiger partial charge in [0.15, 0.2) is 0 Å². The average molecular weight is 327 g/mol. The summed E-state index contributed by atoms with van der Waals surface area (Å²) in [4.78, 5) is -0.0130. The van der Waals surface area contributed by atoms with Gasteiger partial charge in [-0.05, 0) is 25.5 Å². The second kappa shape index (κ2) is 6.76. The molecule has 0 aliphatic rings. The van der Waals surface area contributed by atoms with Crippen LogP contribution in [-0.4, -0.2) is 28.2 Å². The highest BCUT2D eigenvalue weighted by Gasteiger charge is 2.19. The molecule has 0 aliphatic heterocycles. The molecular formula is C11H16Cl2N2O3S. The van der Waals surface area contributed by atoms with Crippen molar-refractivity contribution >= 4 is 38.9 Å².